The Morgan fingerprint density at radius 3 is 2.50 bits per heavy atom. The fraction of sp³-hybridized carbons (Fsp3) is 0.600. The maximum Gasteiger partial charge on any atom is 0.0453 e. The van der Waals surface area contributed by atoms with Gasteiger partial charge in [-0.25, -0.2) is 0 Å². The Morgan fingerprint density at radius 1 is 1.22 bits per heavy atom. The number of nitrogens with zero attached hydrogens (tertiary/aromatic N) is 1. The van der Waals surface area contributed by atoms with Gasteiger partial charge in [-0.2, -0.15) is 0 Å². The van der Waals surface area contributed by atoms with Gasteiger partial charge in [0.05, 0.1) is 0 Å². The van der Waals surface area contributed by atoms with Crippen molar-refractivity contribution in [2.75, 3.05) is 0 Å². The van der Waals surface area contributed by atoms with Crippen LogP contribution in [0.3, 0.4) is 0 Å². The average molecular weight is 284 g/mol. The first-order valence-electron chi connectivity index (χ1n) is 6.78. The SMILES string of the molecule is Cc1ccc(CN2C3CCC2CC(Cl)C3)c(Cl)c1. The molecule has 2 atom stereocenters. The molecular weight excluding hydrogens is 265 g/mol. The third-order valence-corrected chi connectivity index (χ3v) is 5.10. The van der Waals surface area contributed by atoms with E-state index >= 15 is 0 Å². The molecule has 1 nitrogen and oxygen atoms in total. The zero-order chi connectivity index (χ0) is 12.7. The molecule has 2 unspecified atom stereocenters. The highest BCUT2D eigenvalue weighted by molar-refractivity contribution is 6.31. The number of hydrogen-bond acceptors (Lipinski definition) is 1. The molecule has 98 valence electrons. The molecule has 0 N–H and O–H groups in total. The summed E-state index contributed by atoms with van der Waals surface area (Å²) >= 11 is 12.7. The summed E-state index contributed by atoms with van der Waals surface area (Å²) in [5.74, 6) is 0. The largest absolute Gasteiger partial charge is 0.293 e. The Bertz CT molecular complexity index is 432. The standard InChI is InChI=1S/C15H19Cl2N/c1-10-2-3-11(15(17)6-10)9-18-13-4-5-14(18)8-12(16)7-13/h2-3,6,12-14H,4-5,7-9H2,1H3. The van der Waals surface area contributed by atoms with E-state index in [1.54, 1.807) is 0 Å². The normalized spacial score (nSPS) is 31.8. The summed E-state index contributed by atoms with van der Waals surface area (Å²) in [6, 6.07) is 7.72. The van der Waals surface area contributed by atoms with Crippen molar-refractivity contribution >= 4 is 23.2 Å². The molecule has 3 rings (SSSR count). The topological polar surface area (TPSA) is 3.24 Å². The zero-order valence-corrected chi connectivity index (χ0v) is 12.2. The van der Waals surface area contributed by atoms with E-state index in [-0.39, 0.29) is 0 Å². The third-order valence-electron chi connectivity index (χ3n) is 4.39. The molecule has 0 aromatic heterocycles. The van der Waals surface area contributed by atoms with Crippen LogP contribution in [-0.2, 0) is 6.54 Å². The van der Waals surface area contributed by atoms with Crippen LogP contribution >= 0.6 is 23.2 Å². The lowest BCUT2D eigenvalue weighted by molar-refractivity contribution is 0.134. The van der Waals surface area contributed by atoms with E-state index in [0.717, 1.165) is 24.4 Å². The number of hydrogen-bond donors (Lipinski definition) is 0. The van der Waals surface area contributed by atoms with Gasteiger partial charge < -0.3 is 0 Å². The molecule has 2 saturated heterocycles. The Balaban J connectivity index is 1.77. The average Bonchev–Trinajstić information content (AvgIpc) is 2.56. The molecule has 2 heterocycles. The Hall–Kier alpha value is -0.240. The number of aryl methyl sites for hydroxylation is 1. The summed E-state index contributed by atoms with van der Waals surface area (Å²) < 4.78 is 0. The van der Waals surface area contributed by atoms with E-state index in [1.165, 1.54) is 24.0 Å². The first-order valence-corrected chi connectivity index (χ1v) is 7.60. The second kappa shape index (κ2) is 5.03. The lowest BCUT2D eigenvalue weighted by atomic mass is 10.0. The van der Waals surface area contributed by atoms with E-state index in [1.807, 2.05) is 0 Å². The van der Waals surface area contributed by atoms with Crippen molar-refractivity contribution in [3.8, 4) is 0 Å². The van der Waals surface area contributed by atoms with Crippen molar-refractivity contribution in [2.45, 2.75) is 56.6 Å². The van der Waals surface area contributed by atoms with Gasteiger partial charge in [0.1, 0.15) is 0 Å². The molecule has 2 aliphatic rings. The molecule has 2 fully saturated rings. The van der Waals surface area contributed by atoms with E-state index < -0.39 is 0 Å². The monoisotopic (exact) mass is 283 g/mol. The van der Waals surface area contributed by atoms with Crippen molar-refractivity contribution in [3.63, 3.8) is 0 Å². The highest BCUT2D eigenvalue weighted by Gasteiger charge is 2.39. The minimum absolute atomic E-state index is 0.382. The van der Waals surface area contributed by atoms with E-state index in [9.17, 15) is 0 Å². The molecule has 0 spiro atoms. The number of alkyl halides is 1. The molecule has 0 saturated carbocycles. The lowest BCUT2D eigenvalue weighted by Crippen LogP contribution is -2.42. The van der Waals surface area contributed by atoms with Crippen LogP contribution in [0.15, 0.2) is 18.2 Å². The van der Waals surface area contributed by atoms with E-state index in [0.29, 0.717) is 17.5 Å². The number of rotatable bonds is 2. The predicted molar refractivity (Wildman–Crippen MR) is 77.4 cm³/mol. The van der Waals surface area contributed by atoms with E-state index in [4.69, 9.17) is 23.2 Å². The molecule has 2 aliphatic heterocycles. The van der Waals surface area contributed by atoms with Crippen LogP contribution in [0.1, 0.15) is 36.8 Å². The van der Waals surface area contributed by atoms with Crippen LogP contribution < -0.4 is 0 Å². The van der Waals surface area contributed by atoms with Gasteiger partial charge in [0, 0.05) is 29.0 Å². The number of fused-ring (bicyclic) bond motifs is 2. The van der Waals surface area contributed by atoms with Gasteiger partial charge in [-0.15, -0.1) is 11.6 Å². The van der Waals surface area contributed by atoms with Crippen molar-refractivity contribution < 1.29 is 0 Å². The fourth-order valence-electron chi connectivity index (χ4n) is 3.44. The molecule has 2 bridgehead atoms. The van der Waals surface area contributed by atoms with Crippen molar-refractivity contribution in [2.24, 2.45) is 0 Å². The second-order valence-corrected chi connectivity index (χ2v) is 6.75. The molecule has 0 aliphatic carbocycles. The highest BCUT2D eigenvalue weighted by Crippen LogP contribution is 2.39. The van der Waals surface area contributed by atoms with Gasteiger partial charge in [-0.1, -0.05) is 23.7 Å². The zero-order valence-electron chi connectivity index (χ0n) is 10.7. The van der Waals surface area contributed by atoms with Crippen LogP contribution in [0.25, 0.3) is 0 Å². The Labute approximate surface area is 119 Å². The summed E-state index contributed by atoms with van der Waals surface area (Å²) in [7, 11) is 0. The molecule has 0 amide bonds. The predicted octanol–water partition coefficient (Wildman–Crippen LogP) is 4.38. The van der Waals surface area contributed by atoms with Crippen molar-refractivity contribution in [3.05, 3.63) is 34.3 Å². The maximum absolute atomic E-state index is 6.34. The van der Waals surface area contributed by atoms with Crippen LogP contribution in [0, 0.1) is 6.92 Å². The molecule has 18 heavy (non-hydrogen) atoms. The van der Waals surface area contributed by atoms with Crippen LogP contribution in [-0.4, -0.2) is 22.4 Å². The van der Waals surface area contributed by atoms with Gasteiger partial charge in [-0.3, -0.25) is 4.90 Å². The Morgan fingerprint density at radius 2 is 1.89 bits per heavy atom. The fourth-order valence-corrected chi connectivity index (χ4v) is 4.15. The summed E-state index contributed by atoms with van der Waals surface area (Å²) in [6.45, 7) is 3.07. The molecule has 0 radical (unpaired) electrons. The highest BCUT2D eigenvalue weighted by atomic mass is 35.5. The summed E-state index contributed by atoms with van der Waals surface area (Å²) in [5.41, 5.74) is 2.48. The van der Waals surface area contributed by atoms with Gasteiger partial charge in [0.2, 0.25) is 0 Å². The van der Waals surface area contributed by atoms with Crippen LogP contribution in [0.4, 0.5) is 0 Å². The molecular formula is C15H19Cl2N. The molecule has 1 aromatic carbocycles. The van der Waals surface area contributed by atoms with Gasteiger partial charge in [0.25, 0.3) is 0 Å². The summed E-state index contributed by atoms with van der Waals surface area (Å²) in [5, 5.41) is 1.29. The van der Waals surface area contributed by atoms with Gasteiger partial charge in [-0.05, 0) is 49.8 Å². The minimum atomic E-state index is 0.382. The summed E-state index contributed by atoms with van der Waals surface area (Å²) in [6.07, 6.45) is 4.89. The van der Waals surface area contributed by atoms with E-state index in [2.05, 4.69) is 30.0 Å². The van der Waals surface area contributed by atoms with Crippen molar-refractivity contribution in [1.29, 1.82) is 0 Å². The van der Waals surface area contributed by atoms with Gasteiger partial charge in [0.15, 0.2) is 0 Å². The first kappa shape index (κ1) is 12.8. The summed E-state index contributed by atoms with van der Waals surface area (Å²) in [4.78, 5) is 2.62. The lowest BCUT2D eigenvalue weighted by Gasteiger charge is -2.37. The number of piperidine rings is 1. The number of benzene rings is 1. The van der Waals surface area contributed by atoms with Crippen LogP contribution in [0.2, 0.25) is 5.02 Å². The molecule has 1 aromatic rings. The first-order chi connectivity index (χ1) is 8.63. The minimum Gasteiger partial charge on any atom is -0.293 e. The second-order valence-electron chi connectivity index (χ2n) is 5.72. The third kappa shape index (κ3) is 2.41. The van der Waals surface area contributed by atoms with Crippen LogP contribution in [0.5, 0.6) is 0 Å². The smallest absolute Gasteiger partial charge is 0.0453 e. The Kier molecular flexibility index (Phi) is 3.57. The maximum atomic E-state index is 6.34. The quantitative estimate of drug-likeness (QED) is 0.728. The number of halogens is 2. The van der Waals surface area contributed by atoms with Gasteiger partial charge >= 0.3 is 0 Å². The van der Waals surface area contributed by atoms with Crippen molar-refractivity contribution in [1.82, 2.24) is 4.90 Å². The molecule has 3 heteroatoms.